The maximum absolute atomic E-state index is 14.2. The number of aromatic nitrogens is 3. The number of carbonyl (C=O) groups is 1. The first-order valence-electron chi connectivity index (χ1n) is 15.2. The Balaban J connectivity index is 1.36. The van der Waals surface area contributed by atoms with Gasteiger partial charge in [-0.3, -0.25) is 4.79 Å². The molecule has 9 nitrogen and oxygen atoms in total. The molecule has 1 aliphatic rings. The number of nitrogens with one attached hydrogen (secondary N) is 2. The second-order valence-corrected chi connectivity index (χ2v) is 13.1. The molecule has 1 unspecified atom stereocenters. The lowest BCUT2D eigenvalue weighted by atomic mass is 9.94. The molecule has 0 bridgehead atoms. The van der Waals surface area contributed by atoms with Crippen molar-refractivity contribution in [3.05, 3.63) is 128 Å². The maximum atomic E-state index is 14.2. The zero-order chi connectivity index (χ0) is 33.6. The number of ether oxygens (including phenoxy) is 3. The number of carbonyl (C=O) groups excluding carboxylic acids is 1. The lowest BCUT2D eigenvalue weighted by Gasteiger charge is -2.29. The molecule has 246 valence electrons. The molecule has 48 heavy (non-hydrogen) atoms. The minimum atomic E-state index is -0.641. The van der Waals surface area contributed by atoms with Crippen LogP contribution in [-0.4, -0.2) is 34.4 Å². The van der Waals surface area contributed by atoms with Crippen molar-refractivity contribution in [2.45, 2.75) is 37.4 Å². The number of nitrogens with zero attached hydrogens (tertiary/aromatic N) is 3. The number of hydrogen-bond acceptors (Lipinski definition) is 8. The molecular formula is C36H33BrClN5O4S. The van der Waals surface area contributed by atoms with E-state index in [0.717, 1.165) is 21.2 Å². The largest absolute Gasteiger partial charge is 0.495 e. The zero-order valence-electron chi connectivity index (χ0n) is 26.5. The average Bonchev–Trinajstić information content (AvgIpc) is 3.50. The summed E-state index contributed by atoms with van der Waals surface area (Å²) in [7, 11) is 1.57. The molecule has 0 spiro atoms. The van der Waals surface area contributed by atoms with Gasteiger partial charge in [0.05, 0.1) is 25.0 Å². The molecule has 0 saturated carbocycles. The molecule has 1 aliphatic heterocycles. The van der Waals surface area contributed by atoms with Crippen molar-refractivity contribution >= 4 is 56.8 Å². The maximum Gasteiger partial charge on any atom is 0.255 e. The number of halogens is 2. The fourth-order valence-electron chi connectivity index (χ4n) is 5.31. The molecule has 0 aliphatic carbocycles. The predicted octanol–water partition coefficient (Wildman–Crippen LogP) is 8.90. The average molecular weight is 747 g/mol. The van der Waals surface area contributed by atoms with Crippen LogP contribution in [0.4, 0.5) is 11.6 Å². The van der Waals surface area contributed by atoms with E-state index in [9.17, 15) is 4.79 Å². The first-order valence-corrected chi connectivity index (χ1v) is 17.4. The summed E-state index contributed by atoms with van der Waals surface area (Å²) in [6, 6.07) is 28.0. The second kappa shape index (κ2) is 15.2. The van der Waals surface area contributed by atoms with Gasteiger partial charge in [-0.2, -0.15) is 4.98 Å². The number of benzene rings is 4. The molecule has 1 amide bonds. The predicted molar refractivity (Wildman–Crippen MR) is 193 cm³/mol. The van der Waals surface area contributed by atoms with Gasteiger partial charge in [0.25, 0.3) is 5.91 Å². The molecule has 6 rings (SSSR count). The Morgan fingerprint density at radius 1 is 1.00 bits per heavy atom. The van der Waals surface area contributed by atoms with Crippen molar-refractivity contribution in [3.63, 3.8) is 0 Å². The van der Waals surface area contributed by atoms with Gasteiger partial charge in [-0.15, -0.1) is 5.10 Å². The van der Waals surface area contributed by atoms with Gasteiger partial charge in [0.15, 0.2) is 11.5 Å². The quantitative estimate of drug-likeness (QED) is 0.122. The Labute approximate surface area is 296 Å². The number of fused-ring (bicyclic) bond motifs is 1. The molecule has 12 heteroatoms. The zero-order valence-corrected chi connectivity index (χ0v) is 29.7. The summed E-state index contributed by atoms with van der Waals surface area (Å²) in [5.41, 5.74) is 4.43. The van der Waals surface area contributed by atoms with Crippen LogP contribution in [-0.2, 0) is 17.2 Å². The lowest BCUT2D eigenvalue weighted by Crippen LogP contribution is -2.31. The highest BCUT2D eigenvalue weighted by Gasteiger charge is 2.35. The van der Waals surface area contributed by atoms with Gasteiger partial charge in [0.1, 0.15) is 18.4 Å². The minimum Gasteiger partial charge on any atom is -0.495 e. The van der Waals surface area contributed by atoms with Crippen molar-refractivity contribution in [2.75, 3.05) is 24.4 Å². The van der Waals surface area contributed by atoms with Gasteiger partial charge in [-0.05, 0) is 73.0 Å². The van der Waals surface area contributed by atoms with E-state index in [1.165, 1.54) is 11.8 Å². The molecule has 2 N–H and O–H groups in total. The van der Waals surface area contributed by atoms with Crippen LogP contribution in [0.1, 0.15) is 36.6 Å². The number of amides is 1. The molecular weight excluding hydrogens is 714 g/mol. The third kappa shape index (κ3) is 7.48. The number of anilines is 2. The summed E-state index contributed by atoms with van der Waals surface area (Å²) in [5.74, 6) is 2.49. The lowest BCUT2D eigenvalue weighted by molar-refractivity contribution is -0.113. The minimum absolute atomic E-state index is 0.311. The number of methoxy groups -OCH3 is 1. The van der Waals surface area contributed by atoms with Crippen molar-refractivity contribution in [1.82, 2.24) is 14.8 Å². The molecule has 5 aromatic rings. The van der Waals surface area contributed by atoms with Crippen molar-refractivity contribution in [1.29, 1.82) is 0 Å². The van der Waals surface area contributed by atoms with Gasteiger partial charge in [0.2, 0.25) is 11.1 Å². The SMILES string of the molecule is CCOc1cc(C2C(C(=O)Nc3ccccc3OC)=C(C)Nc3nc(SCc4ccccc4Cl)nn32)ccc1OCc1ccc(Br)cc1. The number of rotatable bonds is 12. The summed E-state index contributed by atoms with van der Waals surface area (Å²) in [5, 5.41) is 12.5. The molecule has 1 aromatic heterocycles. The van der Waals surface area contributed by atoms with Crippen LogP contribution < -0.4 is 24.8 Å². The standard InChI is InChI=1S/C36H33BrClN5O4S/c1-4-46-31-19-24(15-18-30(31)47-20-23-13-16-26(37)17-14-23)33-32(34(44)40-28-11-7-8-12-29(28)45-3)22(2)39-35-41-36(42-43(33)35)48-21-25-9-5-6-10-27(25)38/h5-19,33H,4,20-21H2,1-3H3,(H,40,44)(H,39,41,42). The molecule has 2 heterocycles. The summed E-state index contributed by atoms with van der Waals surface area (Å²) in [6.45, 7) is 4.57. The van der Waals surface area contributed by atoms with E-state index in [-0.39, 0.29) is 5.91 Å². The summed E-state index contributed by atoms with van der Waals surface area (Å²) in [6.07, 6.45) is 0. The third-order valence-electron chi connectivity index (χ3n) is 7.64. The first-order chi connectivity index (χ1) is 23.3. The highest BCUT2D eigenvalue weighted by molar-refractivity contribution is 9.10. The van der Waals surface area contributed by atoms with Crippen molar-refractivity contribution < 1.29 is 19.0 Å². The summed E-state index contributed by atoms with van der Waals surface area (Å²) >= 11 is 11.4. The first kappa shape index (κ1) is 33.5. The molecule has 0 fully saturated rings. The molecule has 0 saturated heterocycles. The third-order valence-corrected chi connectivity index (χ3v) is 9.42. The van der Waals surface area contributed by atoms with E-state index in [1.54, 1.807) is 23.9 Å². The summed E-state index contributed by atoms with van der Waals surface area (Å²) < 4.78 is 20.5. The number of thioether (sulfide) groups is 1. The highest BCUT2D eigenvalue weighted by atomic mass is 79.9. The van der Waals surface area contributed by atoms with Gasteiger partial charge in [-0.1, -0.05) is 87.8 Å². The van der Waals surface area contributed by atoms with Crippen LogP contribution in [0.3, 0.4) is 0 Å². The summed E-state index contributed by atoms with van der Waals surface area (Å²) in [4.78, 5) is 18.9. The fourth-order valence-corrected chi connectivity index (χ4v) is 6.69. The van der Waals surface area contributed by atoms with E-state index in [0.29, 0.717) is 69.3 Å². The Morgan fingerprint density at radius 2 is 1.77 bits per heavy atom. The molecule has 1 atom stereocenters. The van der Waals surface area contributed by atoms with Crippen molar-refractivity contribution in [3.8, 4) is 17.2 Å². The normalized spacial score (nSPS) is 13.8. The number of allylic oxidation sites excluding steroid dienone is 1. The van der Waals surface area contributed by atoms with E-state index in [4.69, 9.17) is 35.9 Å². The van der Waals surface area contributed by atoms with Crippen LogP contribution in [0.2, 0.25) is 5.02 Å². The van der Waals surface area contributed by atoms with E-state index in [1.807, 2.05) is 92.7 Å². The van der Waals surface area contributed by atoms with Gasteiger partial charge in [0, 0.05) is 20.9 Å². The van der Waals surface area contributed by atoms with Crippen molar-refractivity contribution in [2.24, 2.45) is 0 Å². The monoisotopic (exact) mass is 745 g/mol. The number of hydrogen-bond donors (Lipinski definition) is 2. The highest BCUT2D eigenvalue weighted by Crippen LogP contribution is 2.41. The van der Waals surface area contributed by atoms with Gasteiger partial charge < -0.3 is 24.8 Å². The topological polar surface area (TPSA) is 99.5 Å². The van der Waals surface area contributed by atoms with Gasteiger partial charge in [-0.25, -0.2) is 4.68 Å². The molecule has 4 aromatic carbocycles. The van der Waals surface area contributed by atoms with Crippen LogP contribution in [0.25, 0.3) is 0 Å². The van der Waals surface area contributed by atoms with E-state index >= 15 is 0 Å². The van der Waals surface area contributed by atoms with E-state index in [2.05, 4.69) is 26.6 Å². The fraction of sp³-hybridized carbons (Fsp3) is 0.194. The molecule has 0 radical (unpaired) electrons. The van der Waals surface area contributed by atoms with Crippen LogP contribution in [0.5, 0.6) is 17.2 Å². The van der Waals surface area contributed by atoms with Crippen LogP contribution >= 0.6 is 39.3 Å². The van der Waals surface area contributed by atoms with Crippen LogP contribution in [0, 0.1) is 0 Å². The van der Waals surface area contributed by atoms with Gasteiger partial charge >= 0.3 is 0 Å². The number of para-hydroxylation sites is 2. The Kier molecular flexibility index (Phi) is 10.6. The van der Waals surface area contributed by atoms with E-state index < -0.39 is 6.04 Å². The Morgan fingerprint density at radius 3 is 2.54 bits per heavy atom. The second-order valence-electron chi connectivity index (χ2n) is 10.8. The smallest absolute Gasteiger partial charge is 0.255 e. The Hall–Kier alpha value is -4.45. The Bertz CT molecular complexity index is 1970. The van der Waals surface area contributed by atoms with Crippen LogP contribution in [0.15, 0.2) is 112 Å².